The molecule has 4 aromatic rings. The standard InChI is InChI=1S/C19H16N4O2S2/c1-23-14-8-4-3-7-13(14)21-19(23)26-11-17(24)22-20-10-16-18(25)12-6-2-5-9-15(12)27-16/h2-10,25H,11H2,1H3,(H,22,24)/b20-10+. The van der Waals surface area contributed by atoms with Gasteiger partial charge in [-0.2, -0.15) is 5.10 Å². The number of thiophene rings is 1. The van der Waals surface area contributed by atoms with E-state index in [0.29, 0.717) is 4.88 Å². The predicted octanol–water partition coefficient (Wildman–Crippen LogP) is 3.74. The van der Waals surface area contributed by atoms with E-state index in [4.69, 9.17) is 0 Å². The Hall–Kier alpha value is -2.84. The summed E-state index contributed by atoms with van der Waals surface area (Å²) in [5, 5.41) is 15.7. The van der Waals surface area contributed by atoms with E-state index in [2.05, 4.69) is 15.5 Å². The van der Waals surface area contributed by atoms with Crippen LogP contribution in [0.15, 0.2) is 58.8 Å². The number of carbonyl (C=O) groups is 1. The molecule has 0 radical (unpaired) electrons. The average Bonchev–Trinajstić information content (AvgIpc) is 3.18. The van der Waals surface area contributed by atoms with Crippen LogP contribution in [0.5, 0.6) is 5.75 Å². The molecule has 0 saturated carbocycles. The van der Waals surface area contributed by atoms with Crippen LogP contribution in [0.25, 0.3) is 21.1 Å². The van der Waals surface area contributed by atoms with Crippen molar-refractivity contribution in [1.82, 2.24) is 15.0 Å². The van der Waals surface area contributed by atoms with Gasteiger partial charge in [0.15, 0.2) is 5.16 Å². The first kappa shape index (κ1) is 17.6. The summed E-state index contributed by atoms with van der Waals surface area (Å²) in [7, 11) is 1.93. The highest BCUT2D eigenvalue weighted by Crippen LogP contribution is 2.35. The summed E-state index contributed by atoms with van der Waals surface area (Å²) < 4.78 is 2.94. The second kappa shape index (κ2) is 7.42. The number of hydrogen-bond acceptors (Lipinski definition) is 6. The van der Waals surface area contributed by atoms with Crippen molar-refractivity contribution in [2.45, 2.75) is 5.16 Å². The number of hydrazone groups is 1. The number of aromatic nitrogens is 2. The summed E-state index contributed by atoms with van der Waals surface area (Å²) in [6.45, 7) is 0. The normalized spacial score (nSPS) is 11.6. The Kier molecular flexibility index (Phi) is 4.83. The molecule has 8 heteroatoms. The van der Waals surface area contributed by atoms with E-state index in [1.807, 2.05) is 60.1 Å². The molecule has 6 nitrogen and oxygen atoms in total. The number of hydrogen-bond donors (Lipinski definition) is 2. The Labute approximate surface area is 163 Å². The number of rotatable bonds is 5. The van der Waals surface area contributed by atoms with Gasteiger partial charge < -0.3 is 9.67 Å². The number of aryl methyl sites for hydroxylation is 1. The molecule has 136 valence electrons. The molecule has 0 aliphatic carbocycles. The van der Waals surface area contributed by atoms with Gasteiger partial charge in [0.25, 0.3) is 5.91 Å². The van der Waals surface area contributed by atoms with Gasteiger partial charge in [-0.3, -0.25) is 4.79 Å². The minimum absolute atomic E-state index is 0.183. The van der Waals surface area contributed by atoms with Gasteiger partial charge in [0.2, 0.25) is 0 Å². The minimum atomic E-state index is -0.232. The van der Waals surface area contributed by atoms with E-state index in [-0.39, 0.29) is 17.4 Å². The molecule has 0 atom stereocenters. The maximum atomic E-state index is 12.0. The fourth-order valence-electron chi connectivity index (χ4n) is 2.72. The first-order chi connectivity index (χ1) is 13.1. The van der Waals surface area contributed by atoms with Crippen molar-refractivity contribution < 1.29 is 9.90 Å². The highest BCUT2D eigenvalue weighted by atomic mass is 32.2. The molecular formula is C19H16N4O2S2. The van der Waals surface area contributed by atoms with Crippen molar-refractivity contribution in [2.24, 2.45) is 12.1 Å². The van der Waals surface area contributed by atoms with E-state index in [0.717, 1.165) is 26.3 Å². The zero-order valence-corrected chi connectivity index (χ0v) is 16.0. The Balaban J connectivity index is 1.38. The summed E-state index contributed by atoms with van der Waals surface area (Å²) in [4.78, 5) is 17.2. The second-order valence-corrected chi connectivity index (χ2v) is 7.86. The molecule has 2 heterocycles. The molecule has 2 N–H and O–H groups in total. The zero-order chi connectivity index (χ0) is 18.8. The van der Waals surface area contributed by atoms with Crippen molar-refractivity contribution in [3.8, 4) is 5.75 Å². The lowest BCUT2D eigenvalue weighted by atomic mass is 10.2. The van der Waals surface area contributed by atoms with Gasteiger partial charge in [0.1, 0.15) is 5.75 Å². The van der Waals surface area contributed by atoms with Gasteiger partial charge in [-0.25, -0.2) is 10.4 Å². The molecular weight excluding hydrogens is 380 g/mol. The van der Waals surface area contributed by atoms with Crippen molar-refractivity contribution in [1.29, 1.82) is 0 Å². The van der Waals surface area contributed by atoms with E-state index >= 15 is 0 Å². The maximum absolute atomic E-state index is 12.0. The summed E-state index contributed by atoms with van der Waals surface area (Å²) >= 11 is 2.77. The number of thioether (sulfide) groups is 1. The van der Waals surface area contributed by atoms with E-state index < -0.39 is 0 Å². The lowest BCUT2D eigenvalue weighted by Gasteiger charge is -2.01. The Morgan fingerprint density at radius 1 is 1.30 bits per heavy atom. The van der Waals surface area contributed by atoms with Crippen molar-refractivity contribution in [3.63, 3.8) is 0 Å². The van der Waals surface area contributed by atoms with Gasteiger partial charge in [-0.1, -0.05) is 36.0 Å². The van der Waals surface area contributed by atoms with Crippen molar-refractivity contribution >= 4 is 56.3 Å². The Morgan fingerprint density at radius 2 is 2.07 bits per heavy atom. The number of aromatic hydroxyl groups is 1. The third-order valence-corrected chi connectivity index (χ3v) is 6.17. The van der Waals surface area contributed by atoms with Gasteiger partial charge in [-0.15, -0.1) is 11.3 Å². The van der Waals surface area contributed by atoms with Crippen LogP contribution in [0, 0.1) is 0 Å². The summed E-state index contributed by atoms with van der Waals surface area (Å²) in [6, 6.07) is 15.4. The number of nitrogens with one attached hydrogen (secondary N) is 1. The highest BCUT2D eigenvalue weighted by Gasteiger charge is 2.11. The third kappa shape index (κ3) is 3.54. The third-order valence-electron chi connectivity index (χ3n) is 4.05. The Bertz CT molecular complexity index is 1160. The number of carbonyl (C=O) groups excluding carboxylic acids is 1. The lowest BCUT2D eigenvalue weighted by molar-refractivity contribution is -0.118. The quantitative estimate of drug-likeness (QED) is 0.306. The average molecular weight is 396 g/mol. The first-order valence-electron chi connectivity index (χ1n) is 8.20. The monoisotopic (exact) mass is 396 g/mol. The summed E-state index contributed by atoms with van der Waals surface area (Å²) in [5.41, 5.74) is 4.42. The van der Waals surface area contributed by atoms with Gasteiger partial charge in [0.05, 0.1) is 27.9 Å². The molecule has 4 rings (SSSR count). The van der Waals surface area contributed by atoms with E-state index in [9.17, 15) is 9.90 Å². The second-order valence-electron chi connectivity index (χ2n) is 5.84. The van der Waals surface area contributed by atoms with Crippen LogP contribution in [0.4, 0.5) is 0 Å². The van der Waals surface area contributed by atoms with E-state index in [1.54, 1.807) is 0 Å². The molecule has 0 saturated heterocycles. The van der Waals surface area contributed by atoms with Crippen LogP contribution in [-0.2, 0) is 11.8 Å². The number of nitrogens with zero attached hydrogens (tertiary/aromatic N) is 3. The zero-order valence-electron chi connectivity index (χ0n) is 14.4. The van der Waals surface area contributed by atoms with Crippen LogP contribution in [-0.4, -0.2) is 32.5 Å². The van der Waals surface area contributed by atoms with Crippen LogP contribution >= 0.6 is 23.1 Å². The predicted molar refractivity (Wildman–Crippen MR) is 111 cm³/mol. The number of fused-ring (bicyclic) bond motifs is 2. The van der Waals surface area contributed by atoms with Gasteiger partial charge in [-0.05, 0) is 24.3 Å². The SMILES string of the molecule is Cn1c(SCC(=O)N/N=C/c2sc3ccccc3c2O)nc2ccccc21. The molecule has 1 amide bonds. The largest absolute Gasteiger partial charge is 0.506 e. The number of benzene rings is 2. The molecule has 2 aromatic heterocycles. The van der Waals surface area contributed by atoms with Gasteiger partial charge in [0, 0.05) is 17.1 Å². The van der Waals surface area contributed by atoms with Crippen LogP contribution in [0.3, 0.4) is 0 Å². The first-order valence-corrected chi connectivity index (χ1v) is 10.0. The lowest BCUT2D eigenvalue weighted by Crippen LogP contribution is -2.19. The topological polar surface area (TPSA) is 79.5 Å². The number of amides is 1. The number of imidazole rings is 1. The van der Waals surface area contributed by atoms with Gasteiger partial charge >= 0.3 is 0 Å². The minimum Gasteiger partial charge on any atom is -0.506 e. The molecule has 0 spiro atoms. The molecule has 0 fully saturated rings. The smallest absolute Gasteiger partial charge is 0.250 e. The van der Waals surface area contributed by atoms with E-state index in [1.165, 1.54) is 29.3 Å². The molecule has 2 aromatic carbocycles. The van der Waals surface area contributed by atoms with Crippen molar-refractivity contribution in [3.05, 3.63) is 53.4 Å². The van der Waals surface area contributed by atoms with Crippen LogP contribution < -0.4 is 5.43 Å². The molecule has 0 aliphatic rings. The van der Waals surface area contributed by atoms with Crippen molar-refractivity contribution in [2.75, 3.05) is 5.75 Å². The molecule has 0 unspecified atom stereocenters. The fraction of sp³-hybridized carbons (Fsp3) is 0.105. The fourth-order valence-corrected chi connectivity index (χ4v) is 4.47. The molecule has 27 heavy (non-hydrogen) atoms. The summed E-state index contributed by atoms with van der Waals surface area (Å²) in [6.07, 6.45) is 1.47. The number of para-hydroxylation sites is 2. The van der Waals surface area contributed by atoms with Crippen LogP contribution in [0.2, 0.25) is 0 Å². The summed E-state index contributed by atoms with van der Waals surface area (Å²) in [5.74, 6) is 0.152. The Morgan fingerprint density at radius 3 is 2.89 bits per heavy atom. The van der Waals surface area contributed by atoms with Crippen LogP contribution in [0.1, 0.15) is 4.88 Å². The molecule has 0 bridgehead atoms. The molecule has 0 aliphatic heterocycles. The highest BCUT2D eigenvalue weighted by molar-refractivity contribution is 7.99. The maximum Gasteiger partial charge on any atom is 0.250 e.